The van der Waals surface area contributed by atoms with Gasteiger partial charge in [0.2, 0.25) is 5.78 Å². The van der Waals surface area contributed by atoms with Gasteiger partial charge in [-0.15, -0.1) is 0 Å². The van der Waals surface area contributed by atoms with Gasteiger partial charge in [-0.2, -0.15) is 0 Å². The van der Waals surface area contributed by atoms with Gasteiger partial charge in [0, 0.05) is 24.0 Å². The Morgan fingerprint density at radius 3 is 2.46 bits per heavy atom. The van der Waals surface area contributed by atoms with E-state index in [-0.39, 0.29) is 17.9 Å². The van der Waals surface area contributed by atoms with Gasteiger partial charge in [-0.25, -0.2) is 0 Å². The summed E-state index contributed by atoms with van der Waals surface area (Å²) in [5.74, 6) is -0.426. The third kappa shape index (κ3) is 4.30. The molecule has 1 amide bonds. The average molecular weight is 481 g/mol. The van der Waals surface area contributed by atoms with E-state index < -0.39 is 23.5 Å². The van der Waals surface area contributed by atoms with Crippen LogP contribution in [0.25, 0.3) is 11.0 Å². The van der Waals surface area contributed by atoms with E-state index in [0.717, 1.165) is 0 Å². The number of likely N-dealkylation sites (N-methyl/N-ethyl adjacent to an activating group) is 1. The molecular formula is C26H28N2O7. The number of methoxy groups -OCH3 is 3. The number of amides is 1. The van der Waals surface area contributed by atoms with E-state index in [4.69, 9.17) is 18.6 Å². The topological polar surface area (TPSA) is 102 Å². The van der Waals surface area contributed by atoms with Crippen molar-refractivity contribution in [3.05, 3.63) is 65.1 Å². The zero-order valence-corrected chi connectivity index (χ0v) is 20.3. The number of ether oxygens (including phenoxy) is 3. The lowest BCUT2D eigenvalue weighted by Crippen LogP contribution is -2.36. The molecule has 0 saturated heterocycles. The number of nitrogens with zero attached hydrogens (tertiary/aromatic N) is 2. The highest BCUT2D eigenvalue weighted by Crippen LogP contribution is 2.44. The van der Waals surface area contributed by atoms with E-state index in [9.17, 15) is 14.7 Å². The molecule has 0 spiro atoms. The number of rotatable bonds is 9. The van der Waals surface area contributed by atoms with E-state index >= 15 is 0 Å². The summed E-state index contributed by atoms with van der Waals surface area (Å²) in [5, 5.41) is 11.6. The number of para-hydroxylation sites is 1. The third-order valence-corrected chi connectivity index (χ3v) is 6.02. The largest absolute Gasteiger partial charge is 0.503 e. The maximum absolute atomic E-state index is 13.8. The van der Waals surface area contributed by atoms with Gasteiger partial charge in [0.05, 0.1) is 32.9 Å². The average Bonchev–Trinajstić information content (AvgIpc) is 3.41. The zero-order chi connectivity index (χ0) is 25.3. The quantitative estimate of drug-likeness (QED) is 0.464. The fraction of sp³-hybridized carbons (Fsp3) is 0.308. The summed E-state index contributed by atoms with van der Waals surface area (Å²) < 4.78 is 22.1. The fourth-order valence-electron chi connectivity index (χ4n) is 4.24. The maximum Gasteiger partial charge on any atom is 0.290 e. The summed E-state index contributed by atoms with van der Waals surface area (Å²) in [6, 6.07) is 11.1. The number of carbonyl (C=O) groups is 2. The predicted molar refractivity (Wildman–Crippen MR) is 129 cm³/mol. The van der Waals surface area contributed by atoms with Crippen LogP contribution in [0.2, 0.25) is 0 Å². The lowest BCUT2D eigenvalue weighted by atomic mass is 9.94. The lowest BCUT2D eigenvalue weighted by molar-refractivity contribution is -0.129. The molecule has 0 fully saturated rings. The molecule has 1 aliphatic heterocycles. The Morgan fingerprint density at radius 1 is 1.06 bits per heavy atom. The van der Waals surface area contributed by atoms with Crippen LogP contribution >= 0.6 is 0 Å². The Morgan fingerprint density at radius 2 is 1.80 bits per heavy atom. The van der Waals surface area contributed by atoms with Gasteiger partial charge in [-0.1, -0.05) is 12.1 Å². The Kier molecular flexibility index (Phi) is 6.70. The smallest absolute Gasteiger partial charge is 0.290 e. The molecular weight excluding hydrogens is 452 g/mol. The number of benzene rings is 2. The first-order chi connectivity index (χ1) is 16.8. The van der Waals surface area contributed by atoms with Gasteiger partial charge in [-0.05, 0) is 44.4 Å². The van der Waals surface area contributed by atoms with Crippen molar-refractivity contribution in [1.29, 1.82) is 0 Å². The van der Waals surface area contributed by atoms with E-state index in [1.165, 1.54) is 26.2 Å². The van der Waals surface area contributed by atoms with Crippen LogP contribution in [0.15, 0.2) is 58.2 Å². The Hall–Kier alpha value is -3.98. The second-order valence-electron chi connectivity index (χ2n) is 8.39. The van der Waals surface area contributed by atoms with E-state index in [0.29, 0.717) is 40.3 Å². The first kappa shape index (κ1) is 24.2. The zero-order valence-electron chi connectivity index (χ0n) is 20.3. The predicted octanol–water partition coefficient (Wildman–Crippen LogP) is 3.60. The molecule has 2 heterocycles. The van der Waals surface area contributed by atoms with E-state index in [1.807, 2.05) is 19.0 Å². The molecule has 1 aromatic heterocycles. The van der Waals surface area contributed by atoms with Crippen LogP contribution in [0.1, 0.15) is 22.2 Å². The van der Waals surface area contributed by atoms with Crippen molar-refractivity contribution in [2.24, 2.45) is 0 Å². The molecule has 9 heteroatoms. The number of aliphatic hydroxyl groups is 1. The summed E-state index contributed by atoms with van der Waals surface area (Å²) >= 11 is 0. The molecule has 4 rings (SSSR count). The number of carbonyl (C=O) groups excluding carboxylic acids is 2. The van der Waals surface area contributed by atoms with Crippen LogP contribution < -0.4 is 14.2 Å². The number of hydrogen-bond acceptors (Lipinski definition) is 8. The van der Waals surface area contributed by atoms with Gasteiger partial charge in [0.25, 0.3) is 5.91 Å². The molecule has 0 saturated carbocycles. The molecule has 1 aliphatic rings. The minimum atomic E-state index is -0.907. The molecule has 0 bridgehead atoms. The molecule has 1 atom stereocenters. The normalized spacial score (nSPS) is 15.9. The summed E-state index contributed by atoms with van der Waals surface area (Å²) in [5.41, 5.74) is 0.834. The first-order valence-electron chi connectivity index (χ1n) is 11.0. The van der Waals surface area contributed by atoms with Crippen LogP contribution in [0.3, 0.4) is 0 Å². The van der Waals surface area contributed by atoms with Crippen molar-refractivity contribution < 1.29 is 33.3 Å². The minimum Gasteiger partial charge on any atom is -0.503 e. The van der Waals surface area contributed by atoms with Crippen LogP contribution in [-0.2, 0) is 4.79 Å². The van der Waals surface area contributed by atoms with E-state index in [2.05, 4.69) is 0 Å². The lowest BCUT2D eigenvalue weighted by Gasteiger charge is -2.29. The van der Waals surface area contributed by atoms with E-state index in [1.54, 1.807) is 42.5 Å². The molecule has 0 aliphatic carbocycles. The van der Waals surface area contributed by atoms with Crippen LogP contribution in [-0.4, -0.2) is 75.1 Å². The van der Waals surface area contributed by atoms with Crippen molar-refractivity contribution >= 4 is 22.7 Å². The number of hydrogen-bond donors (Lipinski definition) is 1. The second-order valence-corrected chi connectivity index (χ2v) is 8.39. The Labute approximate surface area is 203 Å². The summed E-state index contributed by atoms with van der Waals surface area (Å²) in [6.07, 6.45) is 0. The standard InChI is InChI=1S/C26H28N2O7/c1-27(2)11-12-28-22(17-14-16(32-3)9-10-18(17)33-4)21(24(30)26(28)31)23(29)20-13-15-7-6-8-19(34-5)25(15)35-20/h6-10,13-14,22,30H,11-12H2,1-5H3/t22-/m0/s1. The minimum absolute atomic E-state index is 0.0137. The van der Waals surface area contributed by atoms with Crippen molar-refractivity contribution in [1.82, 2.24) is 9.80 Å². The molecule has 1 N–H and O–H groups in total. The van der Waals surface area contributed by atoms with Crippen LogP contribution in [0.5, 0.6) is 17.2 Å². The van der Waals surface area contributed by atoms with Crippen molar-refractivity contribution in [2.75, 3.05) is 48.5 Å². The maximum atomic E-state index is 13.8. The Balaban J connectivity index is 1.86. The molecule has 9 nitrogen and oxygen atoms in total. The number of ketones is 1. The number of aliphatic hydroxyl groups excluding tert-OH is 1. The highest BCUT2D eigenvalue weighted by Gasteiger charge is 2.45. The van der Waals surface area contributed by atoms with Crippen LogP contribution in [0.4, 0.5) is 0 Å². The monoisotopic (exact) mass is 480 g/mol. The number of furan rings is 1. The van der Waals surface area contributed by atoms with Gasteiger partial charge >= 0.3 is 0 Å². The van der Waals surface area contributed by atoms with Crippen LogP contribution in [0, 0.1) is 0 Å². The third-order valence-electron chi connectivity index (χ3n) is 6.02. The Bertz CT molecular complexity index is 1310. The fourth-order valence-corrected chi connectivity index (χ4v) is 4.24. The molecule has 2 aromatic carbocycles. The van der Waals surface area contributed by atoms with Crippen molar-refractivity contribution in [2.45, 2.75) is 6.04 Å². The SMILES string of the molecule is COc1ccc(OC)c([C@H]2C(C(=O)c3cc4cccc(OC)c4o3)=C(O)C(=O)N2CCN(C)C)c1. The van der Waals surface area contributed by atoms with Gasteiger partial charge in [0.1, 0.15) is 11.5 Å². The highest BCUT2D eigenvalue weighted by atomic mass is 16.5. The molecule has 0 unspecified atom stereocenters. The number of fused-ring (bicyclic) bond motifs is 1. The highest BCUT2D eigenvalue weighted by molar-refractivity contribution is 6.16. The van der Waals surface area contributed by atoms with Gasteiger partial charge in [-0.3, -0.25) is 9.59 Å². The summed E-state index contributed by atoms with van der Waals surface area (Å²) in [4.78, 5) is 30.4. The molecule has 184 valence electrons. The summed E-state index contributed by atoms with van der Waals surface area (Å²) in [7, 11) is 8.29. The molecule has 3 aromatic rings. The van der Waals surface area contributed by atoms with Crippen molar-refractivity contribution in [3.63, 3.8) is 0 Å². The van der Waals surface area contributed by atoms with Gasteiger partial charge in [0.15, 0.2) is 22.9 Å². The molecule has 35 heavy (non-hydrogen) atoms. The second kappa shape index (κ2) is 9.71. The molecule has 0 radical (unpaired) electrons. The first-order valence-corrected chi connectivity index (χ1v) is 11.0. The van der Waals surface area contributed by atoms with Gasteiger partial charge < -0.3 is 33.5 Å². The number of Topliss-reactive ketones (excluding diaryl/α,β-unsaturated/α-hetero) is 1. The van der Waals surface area contributed by atoms with Crippen molar-refractivity contribution in [3.8, 4) is 17.2 Å². The summed E-state index contributed by atoms with van der Waals surface area (Å²) in [6.45, 7) is 0.788.